The maximum absolute atomic E-state index is 11.2. The summed E-state index contributed by atoms with van der Waals surface area (Å²) in [5.41, 5.74) is 1.52. The van der Waals surface area contributed by atoms with E-state index >= 15 is 0 Å². The van der Waals surface area contributed by atoms with Crippen LogP contribution in [0.2, 0.25) is 0 Å². The molecule has 2 aliphatic rings. The van der Waals surface area contributed by atoms with Gasteiger partial charge in [-0.2, -0.15) is 0 Å². The molecule has 134 valence electrons. The van der Waals surface area contributed by atoms with Crippen molar-refractivity contribution in [3.05, 3.63) is 63.7 Å². The second-order valence-electron chi connectivity index (χ2n) is 7.15. The van der Waals surface area contributed by atoms with Crippen molar-refractivity contribution >= 4 is 17.5 Å². The van der Waals surface area contributed by atoms with Gasteiger partial charge in [0.15, 0.2) is 11.5 Å². The summed E-state index contributed by atoms with van der Waals surface area (Å²) < 4.78 is 12.0. The lowest BCUT2D eigenvalue weighted by atomic mass is 9.76. The van der Waals surface area contributed by atoms with Gasteiger partial charge in [0.05, 0.1) is 17.4 Å². The van der Waals surface area contributed by atoms with E-state index in [9.17, 15) is 10.1 Å². The smallest absolute Gasteiger partial charge is 0.269 e. The number of nitrogens with zero attached hydrogens (tertiary/aromatic N) is 2. The third-order valence-corrected chi connectivity index (χ3v) is 5.60. The summed E-state index contributed by atoms with van der Waals surface area (Å²) in [6, 6.07) is 10.7. The minimum atomic E-state index is -0.799. The number of nitro groups is 1. The van der Waals surface area contributed by atoms with Crippen LogP contribution in [0.3, 0.4) is 0 Å². The van der Waals surface area contributed by atoms with Crippen LogP contribution < -0.4 is 14.4 Å². The molecule has 0 saturated carbocycles. The molecule has 0 unspecified atom stereocenters. The average molecular weight is 352 g/mol. The lowest BCUT2D eigenvalue weighted by Gasteiger charge is -2.45. The van der Waals surface area contributed by atoms with Crippen molar-refractivity contribution in [2.75, 3.05) is 19.1 Å². The molecule has 1 atom stereocenters. The van der Waals surface area contributed by atoms with E-state index in [1.807, 2.05) is 56.1 Å². The second kappa shape index (κ2) is 5.24. The number of rotatable bonds is 2. The van der Waals surface area contributed by atoms with Gasteiger partial charge in [-0.05, 0) is 43.7 Å². The number of fused-ring (bicyclic) bond motifs is 2. The number of non-ortho nitro benzene ring substituents is 1. The molecule has 6 nitrogen and oxygen atoms in total. The number of likely N-dealkylation sites (N-methyl/N-ethyl adjacent to an activating group) is 1. The molecule has 6 heteroatoms. The predicted octanol–water partition coefficient (Wildman–Crippen LogP) is 4.13. The summed E-state index contributed by atoms with van der Waals surface area (Å²) >= 11 is 0. The molecule has 2 aromatic rings. The van der Waals surface area contributed by atoms with Gasteiger partial charge >= 0.3 is 0 Å². The highest BCUT2D eigenvalue weighted by Gasteiger charge is 2.58. The zero-order valence-electron chi connectivity index (χ0n) is 15.1. The van der Waals surface area contributed by atoms with Crippen LogP contribution in [-0.4, -0.2) is 24.8 Å². The standard InChI is InChI=1S/C20H20N2O4/c1-19(2)15-12-14(22(23)24)8-9-16(15)21(3)20(19)11-10-13-6-5-7-17(25-4)18(13)26-20/h5-12H,1-4H3/t20-/m0/s1. The van der Waals surface area contributed by atoms with E-state index in [1.165, 1.54) is 6.07 Å². The van der Waals surface area contributed by atoms with E-state index in [-0.39, 0.29) is 10.6 Å². The van der Waals surface area contributed by atoms with Gasteiger partial charge in [0.2, 0.25) is 5.72 Å². The molecule has 0 bridgehead atoms. The van der Waals surface area contributed by atoms with Crippen molar-refractivity contribution in [2.45, 2.75) is 25.0 Å². The summed E-state index contributed by atoms with van der Waals surface area (Å²) in [5.74, 6) is 1.34. The highest BCUT2D eigenvalue weighted by atomic mass is 16.6. The molecule has 1 spiro atoms. The zero-order chi connectivity index (χ0) is 18.7. The van der Waals surface area contributed by atoms with Crippen LogP contribution >= 0.6 is 0 Å². The van der Waals surface area contributed by atoms with Gasteiger partial charge in [0.25, 0.3) is 5.69 Å². The largest absolute Gasteiger partial charge is 0.493 e. The van der Waals surface area contributed by atoms with Gasteiger partial charge in [-0.25, -0.2) is 0 Å². The van der Waals surface area contributed by atoms with E-state index in [2.05, 4.69) is 0 Å². The van der Waals surface area contributed by atoms with Crippen molar-refractivity contribution < 1.29 is 14.4 Å². The number of benzene rings is 2. The molecule has 0 fully saturated rings. The first kappa shape index (κ1) is 16.4. The van der Waals surface area contributed by atoms with E-state index in [0.717, 1.165) is 16.8 Å². The fourth-order valence-electron chi connectivity index (χ4n) is 4.06. The first-order valence-electron chi connectivity index (χ1n) is 8.40. The third-order valence-electron chi connectivity index (χ3n) is 5.60. The van der Waals surface area contributed by atoms with Crippen molar-refractivity contribution in [1.82, 2.24) is 0 Å². The van der Waals surface area contributed by atoms with Crippen LogP contribution in [0.1, 0.15) is 25.0 Å². The Hall–Kier alpha value is -3.02. The van der Waals surface area contributed by atoms with E-state index in [4.69, 9.17) is 9.47 Å². The Morgan fingerprint density at radius 1 is 1.23 bits per heavy atom. The van der Waals surface area contributed by atoms with E-state index in [1.54, 1.807) is 19.2 Å². The monoisotopic (exact) mass is 352 g/mol. The summed E-state index contributed by atoms with van der Waals surface area (Å²) in [7, 11) is 3.57. The number of hydrogen-bond acceptors (Lipinski definition) is 5. The molecule has 0 N–H and O–H groups in total. The molecule has 2 aromatic carbocycles. The Bertz CT molecular complexity index is 951. The summed E-state index contributed by atoms with van der Waals surface area (Å²) in [5, 5.41) is 11.2. The van der Waals surface area contributed by atoms with Gasteiger partial charge in [-0.3, -0.25) is 10.1 Å². The van der Waals surface area contributed by atoms with Crippen molar-refractivity contribution in [1.29, 1.82) is 0 Å². The van der Waals surface area contributed by atoms with Crippen LogP contribution in [0, 0.1) is 10.1 Å². The van der Waals surface area contributed by atoms with Crippen molar-refractivity contribution in [3.63, 3.8) is 0 Å². The molecule has 4 rings (SSSR count). The predicted molar refractivity (Wildman–Crippen MR) is 99.9 cm³/mol. The fourth-order valence-corrected chi connectivity index (χ4v) is 4.06. The number of para-hydroxylation sites is 1. The molecular weight excluding hydrogens is 332 g/mol. The maximum atomic E-state index is 11.2. The summed E-state index contributed by atoms with van der Waals surface area (Å²) in [6.07, 6.45) is 4.06. The fraction of sp³-hybridized carbons (Fsp3) is 0.300. The highest BCUT2D eigenvalue weighted by molar-refractivity contribution is 5.74. The van der Waals surface area contributed by atoms with Crippen molar-refractivity contribution in [2.24, 2.45) is 0 Å². The molecule has 0 saturated heterocycles. The number of methoxy groups -OCH3 is 1. The van der Waals surface area contributed by atoms with Crippen LogP contribution in [0.15, 0.2) is 42.5 Å². The SMILES string of the molecule is COc1cccc2c1O[C@]1(C=C2)N(C)c2ccc([N+](=O)[O-])cc2C1(C)C. The van der Waals surface area contributed by atoms with Gasteiger partial charge in [-0.1, -0.05) is 12.1 Å². The molecule has 0 amide bonds. The minimum Gasteiger partial charge on any atom is -0.493 e. The lowest BCUT2D eigenvalue weighted by Crippen LogP contribution is -2.58. The Kier molecular flexibility index (Phi) is 3.31. The van der Waals surface area contributed by atoms with Crippen molar-refractivity contribution in [3.8, 4) is 11.5 Å². The zero-order valence-corrected chi connectivity index (χ0v) is 15.1. The molecule has 0 aromatic heterocycles. The first-order valence-corrected chi connectivity index (χ1v) is 8.40. The van der Waals surface area contributed by atoms with Gasteiger partial charge in [0, 0.05) is 30.4 Å². The maximum Gasteiger partial charge on any atom is 0.269 e. The Morgan fingerprint density at radius 2 is 2.00 bits per heavy atom. The van der Waals surface area contributed by atoms with Crippen LogP contribution in [0.5, 0.6) is 11.5 Å². The summed E-state index contributed by atoms with van der Waals surface area (Å²) in [4.78, 5) is 12.9. The molecule has 0 aliphatic carbocycles. The second-order valence-corrected chi connectivity index (χ2v) is 7.15. The highest BCUT2D eigenvalue weighted by Crippen LogP contribution is 2.55. The van der Waals surface area contributed by atoms with Gasteiger partial charge < -0.3 is 14.4 Å². The van der Waals surface area contributed by atoms with Crippen LogP contribution in [0.4, 0.5) is 11.4 Å². The number of hydrogen-bond donors (Lipinski definition) is 0. The third kappa shape index (κ3) is 1.92. The Balaban J connectivity index is 1.89. The molecule has 26 heavy (non-hydrogen) atoms. The molecular formula is C20H20N2O4. The number of anilines is 1. The average Bonchev–Trinajstić information content (AvgIpc) is 2.79. The topological polar surface area (TPSA) is 64.8 Å². The Morgan fingerprint density at radius 3 is 2.69 bits per heavy atom. The molecule has 2 aliphatic heterocycles. The molecule has 2 heterocycles. The van der Waals surface area contributed by atoms with E-state index in [0.29, 0.717) is 11.5 Å². The Labute approximate surface area is 151 Å². The van der Waals surface area contributed by atoms with Crippen LogP contribution in [-0.2, 0) is 5.41 Å². The van der Waals surface area contributed by atoms with E-state index < -0.39 is 11.1 Å². The minimum absolute atomic E-state index is 0.0834. The van der Waals surface area contributed by atoms with Crippen LogP contribution in [0.25, 0.3) is 6.08 Å². The normalized spacial score (nSPS) is 21.9. The first-order chi connectivity index (χ1) is 12.3. The number of ether oxygens (including phenoxy) is 2. The van der Waals surface area contributed by atoms with Gasteiger partial charge in [0.1, 0.15) is 0 Å². The lowest BCUT2D eigenvalue weighted by molar-refractivity contribution is -0.384. The summed E-state index contributed by atoms with van der Waals surface area (Å²) in [6.45, 7) is 4.09. The van der Waals surface area contributed by atoms with Gasteiger partial charge in [-0.15, -0.1) is 0 Å². The quantitative estimate of drug-likeness (QED) is 0.600. The number of nitro benzene ring substituents is 1. The molecule has 0 radical (unpaired) electrons.